The Bertz CT molecular complexity index is 283. The van der Waals surface area contributed by atoms with Crippen molar-refractivity contribution in [2.24, 2.45) is 11.8 Å². The van der Waals surface area contributed by atoms with Crippen LogP contribution in [-0.4, -0.2) is 25.3 Å². The third kappa shape index (κ3) is 4.69. The lowest BCUT2D eigenvalue weighted by Gasteiger charge is -2.45. The van der Waals surface area contributed by atoms with Gasteiger partial charge < -0.3 is 10.1 Å². The zero-order valence-corrected chi connectivity index (χ0v) is 14.6. The van der Waals surface area contributed by atoms with Crippen LogP contribution in [0.25, 0.3) is 0 Å². The van der Waals surface area contributed by atoms with Crippen molar-refractivity contribution in [2.75, 3.05) is 13.6 Å². The van der Waals surface area contributed by atoms with Gasteiger partial charge in [0.15, 0.2) is 0 Å². The molecule has 0 radical (unpaired) electrons. The molecule has 0 aromatic heterocycles. The molecule has 0 aliphatic heterocycles. The predicted octanol–water partition coefficient (Wildman–Crippen LogP) is 4.92. The molecule has 2 unspecified atom stereocenters. The van der Waals surface area contributed by atoms with Gasteiger partial charge in [-0.2, -0.15) is 0 Å². The summed E-state index contributed by atoms with van der Waals surface area (Å²) >= 11 is 0. The monoisotopic (exact) mass is 295 g/mol. The topological polar surface area (TPSA) is 21.3 Å². The number of nitrogens with one attached hydrogen (secondary N) is 1. The highest BCUT2D eigenvalue weighted by atomic mass is 16.5. The summed E-state index contributed by atoms with van der Waals surface area (Å²) in [5.41, 5.74) is 0.133. The summed E-state index contributed by atoms with van der Waals surface area (Å²) in [7, 11) is 2.08. The minimum Gasteiger partial charge on any atom is -0.370 e. The van der Waals surface area contributed by atoms with Crippen LogP contribution in [0.5, 0.6) is 0 Å². The quantitative estimate of drug-likeness (QED) is 0.720. The molecule has 0 bridgehead atoms. The maximum atomic E-state index is 6.83. The molecule has 2 rings (SSSR count). The lowest BCUT2D eigenvalue weighted by atomic mass is 9.76. The summed E-state index contributed by atoms with van der Waals surface area (Å²) in [5, 5.41) is 3.42. The van der Waals surface area contributed by atoms with Crippen LogP contribution in [-0.2, 0) is 4.74 Å². The van der Waals surface area contributed by atoms with Crippen molar-refractivity contribution in [1.29, 1.82) is 0 Å². The third-order valence-corrected chi connectivity index (χ3v) is 5.98. The van der Waals surface area contributed by atoms with E-state index >= 15 is 0 Å². The SMILES string of the molecule is CCCC1CCC(CNC)(OC2CCCCC2CC)CC1. The number of likely N-dealkylation sites (N-methyl/N-ethyl adjacent to an activating group) is 1. The molecule has 2 heteroatoms. The molecule has 2 aliphatic rings. The van der Waals surface area contributed by atoms with Gasteiger partial charge in [-0.15, -0.1) is 0 Å². The van der Waals surface area contributed by atoms with Crippen molar-refractivity contribution in [3.05, 3.63) is 0 Å². The molecule has 0 saturated heterocycles. The molecule has 0 aromatic rings. The minimum absolute atomic E-state index is 0.133. The normalized spacial score (nSPS) is 37.6. The summed E-state index contributed by atoms with van der Waals surface area (Å²) < 4.78 is 6.83. The second-order valence-corrected chi connectivity index (χ2v) is 7.55. The van der Waals surface area contributed by atoms with E-state index in [9.17, 15) is 0 Å². The van der Waals surface area contributed by atoms with E-state index < -0.39 is 0 Å². The molecule has 2 saturated carbocycles. The maximum Gasteiger partial charge on any atom is 0.0810 e. The van der Waals surface area contributed by atoms with Crippen LogP contribution in [0, 0.1) is 11.8 Å². The Morgan fingerprint density at radius 2 is 1.76 bits per heavy atom. The van der Waals surface area contributed by atoms with E-state index in [-0.39, 0.29) is 5.60 Å². The third-order valence-electron chi connectivity index (χ3n) is 5.98. The fourth-order valence-corrected chi connectivity index (χ4v) is 4.68. The Morgan fingerprint density at radius 1 is 1.05 bits per heavy atom. The summed E-state index contributed by atoms with van der Waals surface area (Å²) in [6.07, 6.45) is 15.3. The van der Waals surface area contributed by atoms with Gasteiger partial charge in [0.25, 0.3) is 0 Å². The standard InChI is InChI=1S/C19H37NO/c1-4-8-16-11-13-19(14-12-16,15-20-3)21-18-10-7-6-9-17(18)5-2/h16-18,20H,4-15H2,1-3H3. The molecular formula is C19H37NO. The van der Waals surface area contributed by atoms with E-state index in [0.717, 1.165) is 18.4 Å². The predicted molar refractivity (Wildman–Crippen MR) is 90.6 cm³/mol. The van der Waals surface area contributed by atoms with E-state index in [2.05, 4.69) is 26.2 Å². The van der Waals surface area contributed by atoms with Gasteiger partial charge in [-0.05, 0) is 57.4 Å². The van der Waals surface area contributed by atoms with Gasteiger partial charge in [0.05, 0.1) is 11.7 Å². The van der Waals surface area contributed by atoms with E-state index in [4.69, 9.17) is 4.74 Å². The fourth-order valence-electron chi connectivity index (χ4n) is 4.68. The smallest absolute Gasteiger partial charge is 0.0810 e. The van der Waals surface area contributed by atoms with Crippen molar-refractivity contribution >= 4 is 0 Å². The summed E-state index contributed by atoms with van der Waals surface area (Å²) in [6, 6.07) is 0. The summed E-state index contributed by atoms with van der Waals surface area (Å²) in [5.74, 6) is 1.76. The van der Waals surface area contributed by atoms with Crippen LogP contribution in [0.2, 0.25) is 0 Å². The molecule has 2 fully saturated rings. The number of hydrogen-bond acceptors (Lipinski definition) is 2. The largest absolute Gasteiger partial charge is 0.370 e. The highest BCUT2D eigenvalue weighted by molar-refractivity contribution is 4.91. The fraction of sp³-hybridized carbons (Fsp3) is 1.00. The molecule has 2 atom stereocenters. The van der Waals surface area contributed by atoms with Crippen LogP contribution in [0.1, 0.15) is 84.5 Å². The second kappa shape index (κ2) is 8.53. The first-order valence-electron chi connectivity index (χ1n) is 9.55. The molecule has 21 heavy (non-hydrogen) atoms. The maximum absolute atomic E-state index is 6.83. The number of rotatable bonds is 7. The van der Waals surface area contributed by atoms with Crippen LogP contribution in [0.3, 0.4) is 0 Å². The summed E-state index contributed by atoms with van der Waals surface area (Å²) in [6.45, 7) is 5.70. The molecule has 0 amide bonds. The first-order valence-corrected chi connectivity index (χ1v) is 9.55. The second-order valence-electron chi connectivity index (χ2n) is 7.55. The molecular weight excluding hydrogens is 258 g/mol. The van der Waals surface area contributed by atoms with Gasteiger partial charge in [-0.3, -0.25) is 0 Å². The molecule has 0 heterocycles. The minimum atomic E-state index is 0.133. The van der Waals surface area contributed by atoms with Crippen LogP contribution >= 0.6 is 0 Å². The molecule has 0 aromatic carbocycles. The number of hydrogen-bond donors (Lipinski definition) is 1. The van der Waals surface area contributed by atoms with Gasteiger partial charge in [0.2, 0.25) is 0 Å². The molecule has 124 valence electrons. The van der Waals surface area contributed by atoms with Crippen LogP contribution in [0.4, 0.5) is 0 Å². The van der Waals surface area contributed by atoms with Gasteiger partial charge in [-0.25, -0.2) is 0 Å². The van der Waals surface area contributed by atoms with E-state index in [0.29, 0.717) is 6.10 Å². The zero-order chi connectivity index (χ0) is 15.1. The van der Waals surface area contributed by atoms with Crippen LogP contribution in [0.15, 0.2) is 0 Å². The average Bonchev–Trinajstić information content (AvgIpc) is 2.51. The summed E-state index contributed by atoms with van der Waals surface area (Å²) in [4.78, 5) is 0. The van der Waals surface area contributed by atoms with Gasteiger partial charge in [0.1, 0.15) is 0 Å². The molecule has 2 aliphatic carbocycles. The van der Waals surface area contributed by atoms with E-state index in [1.165, 1.54) is 70.6 Å². The first-order chi connectivity index (χ1) is 10.2. The zero-order valence-electron chi connectivity index (χ0n) is 14.6. The van der Waals surface area contributed by atoms with Crippen molar-refractivity contribution in [3.63, 3.8) is 0 Å². The number of ether oxygens (including phenoxy) is 1. The van der Waals surface area contributed by atoms with Gasteiger partial charge in [0, 0.05) is 6.54 Å². The van der Waals surface area contributed by atoms with Crippen LogP contribution < -0.4 is 5.32 Å². The molecule has 1 N–H and O–H groups in total. The highest BCUT2D eigenvalue weighted by Crippen LogP contribution is 2.40. The van der Waals surface area contributed by atoms with Crippen molar-refractivity contribution in [1.82, 2.24) is 5.32 Å². The van der Waals surface area contributed by atoms with E-state index in [1.54, 1.807) is 0 Å². The Morgan fingerprint density at radius 3 is 2.38 bits per heavy atom. The first kappa shape index (κ1) is 17.3. The van der Waals surface area contributed by atoms with Crippen molar-refractivity contribution in [3.8, 4) is 0 Å². The van der Waals surface area contributed by atoms with Crippen molar-refractivity contribution in [2.45, 2.75) is 96.2 Å². The van der Waals surface area contributed by atoms with Crippen molar-refractivity contribution < 1.29 is 4.74 Å². The molecule has 2 nitrogen and oxygen atoms in total. The van der Waals surface area contributed by atoms with Gasteiger partial charge >= 0.3 is 0 Å². The highest BCUT2D eigenvalue weighted by Gasteiger charge is 2.39. The lowest BCUT2D eigenvalue weighted by Crippen LogP contribution is -2.49. The Labute approximate surface area is 132 Å². The Hall–Kier alpha value is -0.0800. The molecule has 0 spiro atoms. The Kier molecular flexibility index (Phi) is 7.01. The Balaban J connectivity index is 1.95. The average molecular weight is 296 g/mol. The van der Waals surface area contributed by atoms with Gasteiger partial charge in [-0.1, -0.05) is 46.0 Å². The lowest BCUT2D eigenvalue weighted by molar-refractivity contribution is -0.145. The van der Waals surface area contributed by atoms with E-state index in [1.807, 2.05) is 0 Å².